The van der Waals surface area contributed by atoms with Crippen molar-refractivity contribution < 1.29 is 9.90 Å². The van der Waals surface area contributed by atoms with Gasteiger partial charge in [-0.3, -0.25) is 4.79 Å². The molecule has 0 spiro atoms. The van der Waals surface area contributed by atoms with Crippen molar-refractivity contribution in [2.24, 2.45) is 5.73 Å². The third-order valence-electron chi connectivity index (χ3n) is 2.85. The predicted molar refractivity (Wildman–Crippen MR) is 58.1 cm³/mol. The smallest absolute Gasteiger partial charge is 0.325 e. The lowest BCUT2D eigenvalue weighted by molar-refractivity contribution is -0.142. The van der Waals surface area contributed by atoms with Crippen LogP contribution in [0, 0.1) is 11.3 Å². The molecule has 1 aromatic rings. The van der Waals surface area contributed by atoms with E-state index in [9.17, 15) is 4.79 Å². The molecule has 1 saturated heterocycles. The quantitative estimate of drug-likeness (QED) is 0.696. The van der Waals surface area contributed by atoms with E-state index in [1.165, 1.54) is 6.20 Å². The summed E-state index contributed by atoms with van der Waals surface area (Å²) in [5, 5.41) is 25.5. The van der Waals surface area contributed by atoms with Crippen molar-refractivity contribution in [2.75, 3.05) is 18.0 Å². The SMILES string of the molecule is N#Cc1ccnnc1N1CCC(N)(C(=O)O)C1. The molecule has 0 amide bonds. The molecule has 1 aliphatic rings. The van der Waals surface area contributed by atoms with Gasteiger partial charge in [0, 0.05) is 13.1 Å². The van der Waals surface area contributed by atoms with Gasteiger partial charge >= 0.3 is 5.97 Å². The molecule has 1 aliphatic heterocycles. The van der Waals surface area contributed by atoms with E-state index in [2.05, 4.69) is 10.2 Å². The van der Waals surface area contributed by atoms with Crippen LogP contribution in [-0.2, 0) is 4.79 Å². The number of anilines is 1. The van der Waals surface area contributed by atoms with Crippen LogP contribution >= 0.6 is 0 Å². The lowest BCUT2D eigenvalue weighted by Crippen LogP contribution is -2.50. The molecular formula is C10H11N5O2. The lowest BCUT2D eigenvalue weighted by atomic mass is 10.0. The molecule has 3 N–H and O–H groups in total. The molecule has 1 fully saturated rings. The van der Waals surface area contributed by atoms with E-state index in [1.807, 2.05) is 6.07 Å². The Kier molecular flexibility index (Phi) is 2.65. The van der Waals surface area contributed by atoms with E-state index in [0.29, 0.717) is 24.3 Å². The Labute approximate surface area is 97.5 Å². The number of aliphatic carboxylic acids is 1. The van der Waals surface area contributed by atoms with Crippen LogP contribution in [0.15, 0.2) is 12.3 Å². The zero-order chi connectivity index (χ0) is 12.5. The summed E-state index contributed by atoms with van der Waals surface area (Å²) >= 11 is 0. The summed E-state index contributed by atoms with van der Waals surface area (Å²) < 4.78 is 0. The van der Waals surface area contributed by atoms with Crippen molar-refractivity contribution in [3.8, 4) is 6.07 Å². The highest BCUT2D eigenvalue weighted by molar-refractivity contribution is 5.80. The Morgan fingerprint density at radius 3 is 3.06 bits per heavy atom. The van der Waals surface area contributed by atoms with Gasteiger partial charge in [0.15, 0.2) is 5.82 Å². The third-order valence-corrected chi connectivity index (χ3v) is 2.85. The molecule has 0 saturated carbocycles. The van der Waals surface area contributed by atoms with E-state index in [-0.39, 0.29) is 6.54 Å². The number of aromatic nitrogens is 2. The van der Waals surface area contributed by atoms with Crippen LogP contribution in [-0.4, -0.2) is 39.9 Å². The van der Waals surface area contributed by atoms with E-state index in [1.54, 1.807) is 11.0 Å². The largest absolute Gasteiger partial charge is 0.480 e. The number of carboxylic acids is 1. The van der Waals surface area contributed by atoms with E-state index in [0.717, 1.165) is 0 Å². The minimum atomic E-state index is -1.27. The molecule has 1 aromatic heterocycles. The molecule has 0 aromatic carbocycles. The Bertz CT molecular complexity index is 498. The number of carbonyl (C=O) groups is 1. The van der Waals surface area contributed by atoms with Crippen LogP contribution in [0.1, 0.15) is 12.0 Å². The molecular weight excluding hydrogens is 222 g/mol. The number of carboxylic acid groups (broad SMARTS) is 1. The number of nitrogens with zero attached hydrogens (tertiary/aromatic N) is 4. The summed E-state index contributed by atoms with van der Waals surface area (Å²) in [6, 6.07) is 3.54. The summed E-state index contributed by atoms with van der Waals surface area (Å²) in [7, 11) is 0. The molecule has 7 heteroatoms. The fourth-order valence-corrected chi connectivity index (χ4v) is 1.83. The third kappa shape index (κ3) is 1.90. The Hall–Kier alpha value is -2.20. The number of nitriles is 1. The van der Waals surface area contributed by atoms with Gasteiger partial charge in [-0.05, 0) is 12.5 Å². The van der Waals surface area contributed by atoms with Crippen LogP contribution in [0.5, 0.6) is 0 Å². The lowest BCUT2D eigenvalue weighted by Gasteiger charge is -2.20. The Morgan fingerprint density at radius 1 is 1.71 bits per heavy atom. The van der Waals surface area contributed by atoms with Gasteiger partial charge < -0.3 is 15.7 Å². The van der Waals surface area contributed by atoms with Gasteiger partial charge in [0.2, 0.25) is 0 Å². The molecule has 17 heavy (non-hydrogen) atoms. The maximum Gasteiger partial charge on any atom is 0.325 e. The second-order valence-corrected chi connectivity index (χ2v) is 4.01. The first-order valence-corrected chi connectivity index (χ1v) is 5.06. The van der Waals surface area contributed by atoms with Crippen LogP contribution in [0.3, 0.4) is 0 Å². The van der Waals surface area contributed by atoms with E-state index < -0.39 is 11.5 Å². The molecule has 1 unspecified atom stereocenters. The summed E-state index contributed by atoms with van der Waals surface area (Å²) in [5.74, 6) is -0.647. The van der Waals surface area contributed by atoms with Gasteiger partial charge in [0.1, 0.15) is 11.6 Å². The molecule has 7 nitrogen and oxygen atoms in total. The van der Waals surface area contributed by atoms with Crippen molar-refractivity contribution in [1.29, 1.82) is 5.26 Å². The number of nitrogens with two attached hydrogens (primary N) is 1. The highest BCUT2D eigenvalue weighted by Gasteiger charge is 2.42. The maximum absolute atomic E-state index is 11.0. The monoisotopic (exact) mass is 233 g/mol. The molecule has 1 atom stereocenters. The number of hydrogen-bond acceptors (Lipinski definition) is 6. The van der Waals surface area contributed by atoms with Gasteiger partial charge in [-0.1, -0.05) is 0 Å². The highest BCUT2D eigenvalue weighted by Crippen LogP contribution is 2.25. The normalized spacial score (nSPS) is 23.4. The van der Waals surface area contributed by atoms with Gasteiger partial charge in [0.25, 0.3) is 0 Å². The number of hydrogen-bond donors (Lipinski definition) is 2. The van der Waals surface area contributed by atoms with Crippen molar-refractivity contribution in [1.82, 2.24) is 10.2 Å². The second kappa shape index (κ2) is 3.99. The maximum atomic E-state index is 11.0. The summed E-state index contributed by atoms with van der Waals surface area (Å²) in [6.07, 6.45) is 1.74. The van der Waals surface area contributed by atoms with Gasteiger partial charge in [-0.2, -0.15) is 10.4 Å². The first-order chi connectivity index (χ1) is 8.07. The standard InChI is InChI=1S/C10H11N5O2/c11-5-7-1-3-13-14-8(7)15-4-2-10(12,6-15)9(16)17/h1,3H,2,4,6,12H2,(H,16,17). The van der Waals surface area contributed by atoms with Crippen molar-refractivity contribution in [3.05, 3.63) is 17.8 Å². The van der Waals surface area contributed by atoms with Crippen LogP contribution < -0.4 is 10.6 Å². The Balaban J connectivity index is 2.27. The minimum Gasteiger partial charge on any atom is -0.480 e. The second-order valence-electron chi connectivity index (χ2n) is 4.01. The fourth-order valence-electron chi connectivity index (χ4n) is 1.83. The predicted octanol–water partition coefficient (Wildman–Crippen LogP) is -0.660. The summed E-state index contributed by atoms with van der Waals surface area (Å²) in [6.45, 7) is 0.589. The van der Waals surface area contributed by atoms with Crippen molar-refractivity contribution >= 4 is 11.8 Å². The topological polar surface area (TPSA) is 116 Å². The molecule has 0 bridgehead atoms. The fraction of sp³-hybridized carbons (Fsp3) is 0.400. The van der Waals surface area contributed by atoms with Crippen LogP contribution in [0.4, 0.5) is 5.82 Å². The van der Waals surface area contributed by atoms with Crippen molar-refractivity contribution in [3.63, 3.8) is 0 Å². The van der Waals surface area contributed by atoms with Gasteiger partial charge in [0.05, 0.1) is 11.8 Å². The molecule has 2 rings (SSSR count). The molecule has 88 valence electrons. The molecule has 0 aliphatic carbocycles. The van der Waals surface area contributed by atoms with E-state index >= 15 is 0 Å². The average Bonchev–Trinajstić information content (AvgIpc) is 2.73. The summed E-state index contributed by atoms with van der Waals surface area (Å²) in [5.41, 5.74) is 4.85. The van der Waals surface area contributed by atoms with Crippen LogP contribution in [0.2, 0.25) is 0 Å². The number of rotatable bonds is 2. The van der Waals surface area contributed by atoms with Crippen molar-refractivity contribution in [2.45, 2.75) is 12.0 Å². The highest BCUT2D eigenvalue weighted by atomic mass is 16.4. The first-order valence-electron chi connectivity index (χ1n) is 5.06. The zero-order valence-corrected chi connectivity index (χ0v) is 9.00. The van der Waals surface area contributed by atoms with Gasteiger partial charge in [-0.15, -0.1) is 5.10 Å². The molecule has 0 radical (unpaired) electrons. The average molecular weight is 233 g/mol. The van der Waals surface area contributed by atoms with Gasteiger partial charge in [-0.25, -0.2) is 0 Å². The molecule has 2 heterocycles. The van der Waals surface area contributed by atoms with Crippen LogP contribution in [0.25, 0.3) is 0 Å². The minimum absolute atomic E-state index is 0.135. The zero-order valence-electron chi connectivity index (χ0n) is 9.00. The summed E-state index contributed by atoms with van der Waals surface area (Å²) in [4.78, 5) is 12.7. The van der Waals surface area contributed by atoms with E-state index in [4.69, 9.17) is 16.1 Å². The Morgan fingerprint density at radius 2 is 2.47 bits per heavy atom. The first kappa shape index (κ1) is 11.3.